The van der Waals surface area contributed by atoms with Crippen LogP contribution in [0.25, 0.3) is 0 Å². The molecule has 1 amide bonds. The molecule has 1 aliphatic heterocycles. The van der Waals surface area contributed by atoms with Gasteiger partial charge in [-0.05, 0) is 48.6 Å². The lowest BCUT2D eigenvalue weighted by molar-refractivity contribution is -0.121. The van der Waals surface area contributed by atoms with E-state index in [0.717, 1.165) is 33.8 Å². The van der Waals surface area contributed by atoms with Crippen LogP contribution in [0.2, 0.25) is 0 Å². The lowest BCUT2D eigenvalue weighted by atomic mass is 9.69. The fourth-order valence-corrected chi connectivity index (χ4v) is 4.53. The maximum absolute atomic E-state index is 13.3. The van der Waals surface area contributed by atoms with Gasteiger partial charge in [-0.25, -0.2) is 0 Å². The molecule has 4 heteroatoms. The van der Waals surface area contributed by atoms with Crippen LogP contribution in [0.4, 0.5) is 5.69 Å². The molecule has 0 spiro atoms. The molecule has 4 nitrogen and oxygen atoms in total. The Balaban J connectivity index is 1.85. The van der Waals surface area contributed by atoms with E-state index in [1.807, 2.05) is 55.5 Å². The van der Waals surface area contributed by atoms with Gasteiger partial charge >= 0.3 is 0 Å². The van der Waals surface area contributed by atoms with Gasteiger partial charge in [-0.15, -0.1) is 0 Å². The summed E-state index contributed by atoms with van der Waals surface area (Å²) in [4.78, 5) is 28.4. The van der Waals surface area contributed by atoms with Crippen molar-refractivity contribution in [3.05, 3.63) is 70.9 Å². The number of hydrogen-bond acceptors (Lipinski definition) is 3. The molecule has 0 fully saturated rings. The number of benzene rings is 2. The van der Waals surface area contributed by atoms with E-state index >= 15 is 0 Å². The van der Waals surface area contributed by atoms with Crippen LogP contribution >= 0.6 is 0 Å². The maximum atomic E-state index is 13.3. The normalized spacial score (nSPS) is 21.2. The number of ketones is 1. The average Bonchev–Trinajstić information content (AvgIpc) is 2.67. The molecule has 1 unspecified atom stereocenters. The highest BCUT2D eigenvalue weighted by molar-refractivity contribution is 6.07. The molecule has 4 rings (SSSR count). The first kappa shape index (κ1) is 19.4. The lowest BCUT2D eigenvalue weighted by Gasteiger charge is -2.43. The van der Waals surface area contributed by atoms with E-state index in [-0.39, 0.29) is 23.0 Å². The Labute approximate surface area is 172 Å². The molecule has 2 aromatic rings. The highest BCUT2D eigenvalue weighted by Gasteiger charge is 2.44. The van der Waals surface area contributed by atoms with Gasteiger partial charge in [0.05, 0.1) is 7.11 Å². The number of hydrogen-bond donors (Lipinski definition) is 0. The van der Waals surface area contributed by atoms with Gasteiger partial charge in [-0.2, -0.15) is 0 Å². The van der Waals surface area contributed by atoms with Gasteiger partial charge in [0.25, 0.3) is 0 Å². The Morgan fingerprint density at radius 1 is 0.966 bits per heavy atom. The molecule has 0 saturated carbocycles. The van der Waals surface area contributed by atoms with Gasteiger partial charge in [0.2, 0.25) is 5.91 Å². The van der Waals surface area contributed by atoms with Crippen LogP contribution in [0.5, 0.6) is 5.75 Å². The van der Waals surface area contributed by atoms with Gasteiger partial charge in [-0.1, -0.05) is 43.7 Å². The molecule has 0 saturated heterocycles. The Kier molecular flexibility index (Phi) is 4.81. The first-order valence-corrected chi connectivity index (χ1v) is 10.1. The predicted octanol–water partition coefficient (Wildman–Crippen LogP) is 5.17. The minimum atomic E-state index is -0.200. The van der Waals surface area contributed by atoms with Gasteiger partial charge in [-0.3, -0.25) is 14.5 Å². The number of allylic oxidation sites excluding steroid dienone is 2. The molecule has 0 aromatic heterocycles. The molecule has 2 aromatic carbocycles. The summed E-state index contributed by atoms with van der Waals surface area (Å²) in [6.07, 6.45) is 1.51. The van der Waals surface area contributed by atoms with Crippen molar-refractivity contribution in [1.29, 1.82) is 0 Å². The molecule has 1 heterocycles. The summed E-state index contributed by atoms with van der Waals surface area (Å²) < 4.78 is 5.26. The van der Waals surface area contributed by atoms with Crippen molar-refractivity contribution in [2.45, 2.75) is 46.0 Å². The molecule has 29 heavy (non-hydrogen) atoms. The number of aryl methyl sites for hydroxylation is 1. The fourth-order valence-electron chi connectivity index (χ4n) is 4.53. The Morgan fingerprint density at radius 2 is 1.62 bits per heavy atom. The van der Waals surface area contributed by atoms with Gasteiger partial charge < -0.3 is 4.74 Å². The SMILES string of the molecule is COc1ccc(C2CC(=O)N(c3ccc(C)cc3)C3=C2C(=O)CC(C)(C)C3)cc1. The second-order valence-corrected chi connectivity index (χ2v) is 8.90. The molecular formula is C25H27NO3. The highest BCUT2D eigenvalue weighted by atomic mass is 16.5. The van der Waals surface area contributed by atoms with Crippen LogP contribution in [0.1, 0.15) is 50.2 Å². The number of carbonyl (C=O) groups is 2. The molecule has 1 atom stereocenters. The largest absolute Gasteiger partial charge is 0.497 e. The van der Waals surface area contributed by atoms with E-state index in [1.54, 1.807) is 12.0 Å². The Hall–Kier alpha value is -2.88. The van der Waals surface area contributed by atoms with Gasteiger partial charge in [0, 0.05) is 35.7 Å². The van der Waals surface area contributed by atoms with E-state index in [4.69, 9.17) is 4.74 Å². The summed E-state index contributed by atoms with van der Waals surface area (Å²) >= 11 is 0. The number of methoxy groups -OCH3 is 1. The first-order chi connectivity index (χ1) is 13.8. The molecule has 0 radical (unpaired) electrons. The van der Waals surface area contributed by atoms with Crippen molar-refractivity contribution in [3.63, 3.8) is 0 Å². The van der Waals surface area contributed by atoms with Crippen molar-refractivity contribution in [3.8, 4) is 5.75 Å². The topological polar surface area (TPSA) is 46.6 Å². The standard InChI is InChI=1S/C25H27NO3/c1-16-5-9-18(10-6-16)26-21-14-25(2,3)15-22(27)24(21)20(13-23(26)28)17-7-11-19(29-4)12-8-17/h5-12,20H,13-15H2,1-4H3. The van der Waals surface area contributed by atoms with Gasteiger partial charge in [0.15, 0.2) is 5.78 Å². The summed E-state index contributed by atoms with van der Waals surface area (Å²) in [7, 11) is 1.63. The zero-order valence-electron chi connectivity index (χ0n) is 17.5. The zero-order valence-corrected chi connectivity index (χ0v) is 17.5. The number of nitrogens with zero attached hydrogens (tertiary/aromatic N) is 1. The number of ether oxygens (including phenoxy) is 1. The third kappa shape index (κ3) is 3.59. The zero-order chi connectivity index (χ0) is 20.8. The summed E-state index contributed by atoms with van der Waals surface area (Å²) in [5.74, 6) is 0.761. The van der Waals surface area contributed by atoms with Crippen molar-refractivity contribution in [2.75, 3.05) is 12.0 Å². The first-order valence-electron chi connectivity index (χ1n) is 10.1. The average molecular weight is 389 g/mol. The third-order valence-electron chi connectivity index (χ3n) is 5.95. The minimum absolute atomic E-state index is 0.0407. The summed E-state index contributed by atoms with van der Waals surface area (Å²) in [6.45, 7) is 6.23. The van der Waals surface area contributed by atoms with E-state index in [9.17, 15) is 9.59 Å². The molecule has 0 bridgehead atoms. The Morgan fingerprint density at radius 3 is 2.24 bits per heavy atom. The van der Waals surface area contributed by atoms with E-state index < -0.39 is 0 Å². The second-order valence-electron chi connectivity index (χ2n) is 8.90. The minimum Gasteiger partial charge on any atom is -0.497 e. The van der Waals surface area contributed by atoms with E-state index in [2.05, 4.69) is 13.8 Å². The van der Waals surface area contributed by atoms with Crippen molar-refractivity contribution < 1.29 is 14.3 Å². The van der Waals surface area contributed by atoms with Crippen molar-refractivity contribution in [1.82, 2.24) is 0 Å². The summed E-state index contributed by atoms with van der Waals surface area (Å²) in [6, 6.07) is 15.7. The van der Waals surface area contributed by atoms with Crippen LogP contribution in [0.15, 0.2) is 59.8 Å². The predicted molar refractivity (Wildman–Crippen MR) is 114 cm³/mol. The summed E-state index contributed by atoms with van der Waals surface area (Å²) in [5, 5.41) is 0. The summed E-state index contributed by atoms with van der Waals surface area (Å²) in [5.41, 5.74) is 4.47. The number of Topliss-reactive ketones (excluding diaryl/α,β-unsaturated/α-hetero) is 1. The monoisotopic (exact) mass is 389 g/mol. The van der Waals surface area contributed by atoms with Gasteiger partial charge in [0.1, 0.15) is 5.75 Å². The third-order valence-corrected chi connectivity index (χ3v) is 5.95. The number of amides is 1. The quantitative estimate of drug-likeness (QED) is 0.728. The van der Waals surface area contributed by atoms with Crippen LogP contribution in [-0.4, -0.2) is 18.8 Å². The van der Waals surface area contributed by atoms with Crippen molar-refractivity contribution in [2.24, 2.45) is 5.41 Å². The Bertz CT molecular complexity index is 984. The number of anilines is 1. The number of carbonyl (C=O) groups excluding carboxylic acids is 2. The highest BCUT2D eigenvalue weighted by Crippen LogP contribution is 2.48. The molecule has 2 aliphatic rings. The lowest BCUT2D eigenvalue weighted by Crippen LogP contribution is -2.43. The van der Waals surface area contributed by atoms with Crippen LogP contribution in [0.3, 0.4) is 0 Å². The van der Waals surface area contributed by atoms with Crippen LogP contribution in [0, 0.1) is 12.3 Å². The smallest absolute Gasteiger partial charge is 0.232 e. The van der Waals surface area contributed by atoms with Crippen LogP contribution < -0.4 is 9.64 Å². The molecular weight excluding hydrogens is 362 g/mol. The molecule has 0 N–H and O–H groups in total. The van der Waals surface area contributed by atoms with Crippen LogP contribution in [-0.2, 0) is 9.59 Å². The fraction of sp³-hybridized carbons (Fsp3) is 0.360. The maximum Gasteiger partial charge on any atom is 0.232 e. The van der Waals surface area contributed by atoms with E-state index in [1.165, 1.54) is 0 Å². The van der Waals surface area contributed by atoms with Crippen molar-refractivity contribution >= 4 is 17.4 Å². The molecule has 150 valence electrons. The van der Waals surface area contributed by atoms with E-state index in [0.29, 0.717) is 19.3 Å². The second kappa shape index (κ2) is 7.18. The molecule has 1 aliphatic carbocycles. The number of rotatable bonds is 3.